The number of hydrogen-bond acceptors (Lipinski definition) is 4. The van der Waals surface area contributed by atoms with Crippen LogP contribution in [0.1, 0.15) is 15.4 Å². The predicted octanol–water partition coefficient (Wildman–Crippen LogP) is 1.69. The van der Waals surface area contributed by atoms with Gasteiger partial charge >= 0.3 is 0 Å². The number of aromatic nitrogens is 2. The average Bonchev–Trinajstić information content (AvgIpc) is 2.94. The van der Waals surface area contributed by atoms with Crippen molar-refractivity contribution in [3.8, 4) is 6.07 Å². The maximum atomic E-state index is 8.71. The molecule has 0 amide bonds. The molecule has 0 aliphatic rings. The molecule has 0 atom stereocenters. The van der Waals surface area contributed by atoms with Gasteiger partial charge in [-0.05, 0) is 18.2 Å². The van der Waals surface area contributed by atoms with Crippen molar-refractivity contribution in [1.82, 2.24) is 15.1 Å². The fraction of sp³-hybridized carbons (Fsp3) is 0.333. The molecule has 0 saturated heterocycles. The number of rotatable bonds is 5. The van der Waals surface area contributed by atoms with E-state index in [0.717, 1.165) is 24.4 Å². The van der Waals surface area contributed by atoms with Crippen molar-refractivity contribution in [2.45, 2.75) is 13.0 Å². The van der Waals surface area contributed by atoms with Crippen LogP contribution >= 0.6 is 11.3 Å². The third-order valence-corrected chi connectivity index (χ3v) is 3.54. The fourth-order valence-electron chi connectivity index (χ4n) is 1.61. The van der Waals surface area contributed by atoms with Gasteiger partial charge in [0.25, 0.3) is 0 Å². The lowest BCUT2D eigenvalue weighted by Gasteiger charge is -2.03. The van der Waals surface area contributed by atoms with E-state index in [4.69, 9.17) is 5.26 Å². The van der Waals surface area contributed by atoms with Crippen molar-refractivity contribution in [2.75, 3.05) is 6.54 Å². The Morgan fingerprint density at radius 2 is 2.35 bits per heavy atom. The summed E-state index contributed by atoms with van der Waals surface area (Å²) in [5.74, 6) is 0. The second-order valence-electron chi connectivity index (χ2n) is 3.75. The van der Waals surface area contributed by atoms with Gasteiger partial charge in [-0.3, -0.25) is 4.68 Å². The van der Waals surface area contributed by atoms with Crippen LogP contribution < -0.4 is 5.32 Å². The third-order valence-electron chi connectivity index (χ3n) is 2.55. The van der Waals surface area contributed by atoms with Crippen molar-refractivity contribution in [2.24, 2.45) is 7.05 Å². The van der Waals surface area contributed by atoms with E-state index in [1.807, 2.05) is 36.1 Å². The highest BCUT2D eigenvalue weighted by molar-refractivity contribution is 7.12. The smallest absolute Gasteiger partial charge is 0.110 e. The first-order valence-corrected chi connectivity index (χ1v) is 6.27. The molecule has 0 aliphatic heterocycles. The highest BCUT2D eigenvalue weighted by Crippen LogP contribution is 2.14. The van der Waals surface area contributed by atoms with Gasteiger partial charge in [0.15, 0.2) is 0 Å². The number of aryl methyl sites for hydroxylation is 1. The van der Waals surface area contributed by atoms with Crippen LogP contribution in [0.5, 0.6) is 0 Å². The van der Waals surface area contributed by atoms with E-state index in [-0.39, 0.29) is 0 Å². The summed E-state index contributed by atoms with van der Waals surface area (Å²) in [5, 5.41) is 16.2. The molecule has 2 aromatic rings. The Morgan fingerprint density at radius 1 is 1.47 bits per heavy atom. The molecule has 5 heteroatoms. The van der Waals surface area contributed by atoms with Crippen molar-refractivity contribution < 1.29 is 0 Å². The van der Waals surface area contributed by atoms with Crippen LogP contribution in [-0.4, -0.2) is 16.3 Å². The lowest BCUT2D eigenvalue weighted by molar-refractivity contribution is 0.646. The molecule has 4 nitrogen and oxygen atoms in total. The molecule has 0 unspecified atom stereocenters. The van der Waals surface area contributed by atoms with Crippen LogP contribution in [0, 0.1) is 11.3 Å². The summed E-state index contributed by atoms with van der Waals surface area (Å²) in [6, 6.07) is 8.04. The quantitative estimate of drug-likeness (QED) is 0.817. The van der Waals surface area contributed by atoms with Crippen LogP contribution in [-0.2, 0) is 20.0 Å². The van der Waals surface area contributed by atoms with Gasteiger partial charge in [-0.25, -0.2) is 0 Å². The van der Waals surface area contributed by atoms with E-state index >= 15 is 0 Å². The lowest BCUT2D eigenvalue weighted by Crippen LogP contribution is -2.17. The van der Waals surface area contributed by atoms with Gasteiger partial charge in [-0.15, -0.1) is 11.3 Å². The van der Waals surface area contributed by atoms with Crippen molar-refractivity contribution in [1.29, 1.82) is 5.26 Å². The Balaban J connectivity index is 1.73. The predicted molar refractivity (Wildman–Crippen MR) is 67.7 cm³/mol. The van der Waals surface area contributed by atoms with Crippen LogP contribution in [0.2, 0.25) is 0 Å². The van der Waals surface area contributed by atoms with E-state index in [1.54, 1.807) is 11.3 Å². The Kier molecular flexibility index (Phi) is 3.91. The minimum Gasteiger partial charge on any atom is -0.311 e. The van der Waals surface area contributed by atoms with Crippen LogP contribution in [0.3, 0.4) is 0 Å². The minimum absolute atomic E-state index is 0.772. The molecule has 2 aromatic heterocycles. The van der Waals surface area contributed by atoms with Gasteiger partial charge in [0, 0.05) is 43.3 Å². The molecule has 0 spiro atoms. The van der Waals surface area contributed by atoms with E-state index < -0.39 is 0 Å². The second-order valence-corrected chi connectivity index (χ2v) is 4.92. The SMILES string of the molecule is Cn1nccc1CCNCc1ccc(C#N)s1. The van der Waals surface area contributed by atoms with Gasteiger partial charge in [0.2, 0.25) is 0 Å². The highest BCUT2D eigenvalue weighted by Gasteiger charge is 2.00. The molecular formula is C12H14N4S. The van der Waals surface area contributed by atoms with Crippen molar-refractivity contribution in [3.63, 3.8) is 0 Å². The Hall–Kier alpha value is -1.64. The standard InChI is InChI=1S/C12H14N4S/c1-16-10(5-7-15-16)4-6-14-9-12-3-2-11(8-13)17-12/h2-3,5,7,14H,4,6,9H2,1H3. The normalized spacial score (nSPS) is 10.4. The molecule has 0 aliphatic carbocycles. The molecule has 0 fully saturated rings. The molecular weight excluding hydrogens is 232 g/mol. The summed E-state index contributed by atoms with van der Waals surface area (Å²) < 4.78 is 1.89. The fourth-order valence-corrected chi connectivity index (χ4v) is 2.38. The topological polar surface area (TPSA) is 53.6 Å². The van der Waals surface area contributed by atoms with Crippen molar-refractivity contribution in [3.05, 3.63) is 39.8 Å². The molecule has 1 N–H and O–H groups in total. The second kappa shape index (κ2) is 5.62. The van der Waals surface area contributed by atoms with Crippen LogP contribution in [0.4, 0.5) is 0 Å². The van der Waals surface area contributed by atoms with Gasteiger partial charge in [0.1, 0.15) is 10.9 Å². The molecule has 2 heterocycles. The molecule has 0 saturated carbocycles. The van der Waals surface area contributed by atoms with Gasteiger partial charge in [0.05, 0.1) is 0 Å². The summed E-state index contributed by atoms with van der Waals surface area (Å²) in [5.41, 5.74) is 1.22. The zero-order valence-corrected chi connectivity index (χ0v) is 10.5. The van der Waals surface area contributed by atoms with E-state index in [1.165, 1.54) is 10.6 Å². The van der Waals surface area contributed by atoms with Crippen LogP contribution in [0.15, 0.2) is 24.4 Å². The zero-order chi connectivity index (χ0) is 12.1. The number of hydrogen-bond donors (Lipinski definition) is 1. The third kappa shape index (κ3) is 3.16. The summed E-state index contributed by atoms with van der Waals surface area (Å²) in [6.45, 7) is 1.74. The van der Waals surface area contributed by atoms with Crippen LogP contribution in [0.25, 0.3) is 0 Å². The number of thiophene rings is 1. The first-order chi connectivity index (χ1) is 8.29. The Morgan fingerprint density at radius 3 is 3.00 bits per heavy atom. The maximum absolute atomic E-state index is 8.71. The summed E-state index contributed by atoms with van der Waals surface area (Å²) >= 11 is 1.54. The highest BCUT2D eigenvalue weighted by atomic mass is 32.1. The first-order valence-electron chi connectivity index (χ1n) is 5.46. The minimum atomic E-state index is 0.772. The molecule has 0 radical (unpaired) electrons. The maximum Gasteiger partial charge on any atom is 0.110 e. The Bertz CT molecular complexity index is 521. The largest absolute Gasteiger partial charge is 0.311 e. The van der Waals surface area contributed by atoms with E-state index in [2.05, 4.69) is 16.5 Å². The summed E-state index contributed by atoms with van der Waals surface area (Å²) in [7, 11) is 1.95. The number of nitrogens with zero attached hydrogens (tertiary/aromatic N) is 3. The average molecular weight is 246 g/mol. The van der Waals surface area contributed by atoms with E-state index in [9.17, 15) is 0 Å². The summed E-state index contributed by atoms with van der Waals surface area (Å²) in [6.07, 6.45) is 2.78. The molecule has 2 rings (SSSR count). The lowest BCUT2D eigenvalue weighted by atomic mass is 10.3. The number of nitrogens with one attached hydrogen (secondary N) is 1. The molecule has 0 aromatic carbocycles. The number of nitriles is 1. The van der Waals surface area contributed by atoms with E-state index in [0.29, 0.717) is 0 Å². The molecule has 88 valence electrons. The van der Waals surface area contributed by atoms with Crippen molar-refractivity contribution >= 4 is 11.3 Å². The summed E-state index contributed by atoms with van der Waals surface area (Å²) in [4.78, 5) is 1.97. The monoisotopic (exact) mass is 246 g/mol. The van der Waals surface area contributed by atoms with Gasteiger partial charge < -0.3 is 5.32 Å². The molecule has 17 heavy (non-hydrogen) atoms. The van der Waals surface area contributed by atoms with Gasteiger partial charge in [-0.2, -0.15) is 10.4 Å². The zero-order valence-electron chi connectivity index (χ0n) is 9.68. The van der Waals surface area contributed by atoms with Gasteiger partial charge in [-0.1, -0.05) is 0 Å². The Labute approximate surface area is 105 Å². The first kappa shape index (κ1) is 11.8. The molecule has 0 bridgehead atoms.